The summed E-state index contributed by atoms with van der Waals surface area (Å²) in [6, 6.07) is 3.05. The Hall–Kier alpha value is -1.37. The van der Waals surface area contributed by atoms with Gasteiger partial charge in [0.25, 0.3) is 5.69 Å². The Morgan fingerprint density at radius 3 is 2.65 bits per heavy atom. The second-order valence-electron chi connectivity index (χ2n) is 6.37. The zero-order valence-corrected chi connectivity index (χ0v) is 14.1. The van der Waals surface area contributed by atoms with Gasteiger partial charge in [0.2, 0.25) is 0 Å². The predicted octanol–water partition coefficient (Wildman–Crippen LogP) is 2.72. The molecule has 0 amide bonds. The summed E-state index contributed by atoms with van der Waals surface area (Å²) >= 11 is 6.31. The summed E-state index contributed by atoms with van der Waals surface area (Å²) in [5.41, 5.74) is 1.85. The fourth-order valence-corrected chi connectivity index (χ4v) is 3.85. The van der Waals surface area contributed by atoms with E-state index in [-0.39, 0.29) is 5.69 Å². The minimum absolute atomic E-state index is 0.0520. The van der Waals surface area contributed by atoms with Crippen LogP contribution in [0.15, 0.2) is 12.1 Å². The second-order valence-corrected chi connectivity index (χ2v) is 6.77. The molecule has 7 heteroatoms. The molecule has 1 unspecified atom stereocenters. The van der Waals surface area contributed by atoms with Crippen LogP contribution in [0, 0.1) is 23.0 Å². The molecule has 23 heavy (non-hydrogen) atoms. The monoisotopic (exact) mass is 339 g/mol. The first kappa shape index (κ1) is 16.5. The summed E-state index contributed by atoms with van der Waals surface area (Å²) in [6.07, 6.45) is 1.16. The van der Waals surface area contributed by atoms with Gasteiger partial charge in [-0.1, -0.05) is 11.6 Å². The van der Waals surface area contributed by atoms with E-state index in [9.17, 15) is 10.1 Å². The third-order valence-corrected chi connectivity index (χ3v) is 4.97. The molecular weight excluding hydrogens is 318 g/mol. The normalized spacial score (nSPS) is 22.5. The Morgan fingerprint density at radius 1 is 1.35 bits per heavy atom. The number of hydrogen-bond donors (Lipinski definition) is 0. The lowest BCUT2D eigenvalue weighted by Gasteiger charge is -2.38. The quantitative estimate of drug-likeness (QED) is 0.623. The fraction of sp³-hybridized carbons (Fsp3) is 0.625. The van der Waals surface area contributed by atoms with Crippen molar-refractivity contribution in [3.8, 4) is 0 Å². The highest BCUT2D eigenvalue weighted by atomic mass is 35.5. The number of rotatable bonds is 4. The summed E-state index contributed by atoms with van der Waals surface area (Å²) in [7, 11) is 0. The van der Waals surface area contributed by atoms with Crippen LogP contribution in [-0.2, 0) is 4.74 Å². The molecule has 2 aliphatic heterocycles. The molecule has 1 aromatic rings. The van der Waals surface area contributed by atoms with Crippen LogP contribution in [0.1, 0.15) is 12.0 Å². The van der Waals surface area contributed by atoms with Crippen molar-refractivity contribution in [1.29, 1.82) is 0 Å². The van der Waals surface area contributed by atoms with E-state index in [1.807, 2.05) is 6.92 Å². The van der Waals surface area contributed by atoms with Crippen LogP contribution in [0.2, 0.25) is 5.02 Å². The number of nitro benzene ring substituents is 1. The topological polar surface area (TPSA) is 58.9 Å². The second kappa shape index (κ2) is 7.03. The highest BCUT2D eigenvalue weighted by molar-refractivity contribution is 6.33. The maximum Gasteiger partial charge on any atom is 0.271 e. The zero-order chi connectivity index (χ0) is 16.4. The molecule has 0 aromatic heterocycles. The van der Waals surface area contributed by atoms with Crippen LogP contribution in [-0.4, -0.2) is 55.8 Å². The van der Waals surface area contributed by atoms with E-state index < -0.39 is 4.92 Å². The molecule has 6 nitrogen and oxygen atoms in total. The molecule has 0 bridgehead atoms. The lowest BCUT2D eigenvalue weighted by atomic mass is 10.1. The van der Waals surface area contributed by atoms with Gasteiger partial charge in [0.15, 0.2) is 0 Å². The van der Waals surface area contributed by atoms with E-state index in [1.54, 1.807) is 6.07 Å². The number of anilines is 1. The maximum absolute atomic E-state index is 10.9. The van der Waals surface area contributed by atoms with Crippen LogP contribution >= 0.6 is 11.6 Å². The molecule has 0 aliphatic carbocycles. The molecule has 0 saturated carbocycles. The SMILES string of the molecule is Cc1cc([N+](=O)[O-])cc(Cl)c1N1CCN(CC2CCOC2)CC1. The summed E-state index contributed by atoms with van der Waals surface area (Å²) < 4.78 is 5.44. The van der Waals surface area contributed by atoms with E-state index in [0.29, 0.717) is 10.9 Å². The molecule has 3 rings (SSSR count). The van der Waals surface area contributed by atoms with Crippen molar-refractivity contribution in [3.63, 3.8) is 0 Å². The van der Waals surface area contributed by atoms with Crippen LogP contribution in [0.25, 0.3) is 0 Å². The van der Waals surface area contributed by atoms with Crippen molar-refractivity contribution in [2.24, 2.45) is 5.92 Å². The van der Waals surface area contributed by atoms with Crippen LogP contribution in [0.3, 0.4) is 0 Å². The van der Waals surface area contributed by atoms with Gasteiger partial charge in [-0.3, -0.25) is 15.0 Å². The van der Waals surface area contributed by atoms with Gasteiger partial charge in [0.1, 0.15) is 0 Å². The average molecular weight is 340 g/mol. The molecule has 2 saturated heterocycles. The molecule has 1 aromatic carbocycles. The number of nitrogens with zero attached hydrogens (tertiary/aromatic N) is 3. The van der Waals surface area contributed by atoms with Gasteiger partial charge >= 0.3 is 0 Å². The number of hydrogen-bond acceptors (Lipinski definition) is 5. The predicted molar refractivity (Wildman–Crippen MR) is 90.4 cm³/mol. The molecule has 0 N–H and O–H groups in total. The summed E-state index contributed by atoms with van der Waals surface area (Å²) in [6.45, 7) is 8.53. The Bertz CT molecular complexity index is 559. The molecule has 0 spiro atoms. The number of aryl methyl sites for hydroxylation is 1. The van der Waals surface area contributed by atoms with Crippen molar-refractivity contribution in [1.82, 2.24) is 4.90 Å². The lowest BCUT2D eigenvalue weighted by Crippen LogP contribution is -2.48. The number of nitro groups is 1. The molecule has 126 valence electrons. The first-order chi connectivity index (χ1) is 11.0. The maximum atomic E-state index is 10.9. The van der Waals surface area contributed by atoms with E-state index in [1.165, 1.54) is 6.07 Å². The van der Waals surface area contributed by atoms with E-state index in [4.69, 9.17) is 16.3 Å². The van der Waals surface area contributed by atoms with Crippen LogP contribution < -0.4 is 4.90 Å². The number of piperazine rings is 1. The van der Waals surface area contributed by atoms with Crippen molar-refractivity contribution >= 4 is 23.0 Å². The molecule has 2 heterocycles. The summed E-state index contributed by atoms with van der Waals surface area (Å²) in [4.78, 5) is 15.2. The van der Waals surface area contributed by atoms with Crippen molar-refractivity contribution in [2.75, 3.05) is 50.8 Å². The zero-order valence-electron chi connectivity index (χ0n) is 13.3. The smallest absolute Gasteiger partial charge is 0.271 e. The van der Waals surface area contributed by atoms with E-state index >= 15 is 0 Å². The number of benzene rings is 1. The minimum Gasteiger partial charge on any atom is -0.381 e. The third-order valence-electron chi connectivity index (χ3n) is 4.68. The van der Waals surface area contributed by atoms with Gasteiger partial charge in [-0.25, -0.2) is 0 Å². The first-order valence-corrected chi connectivity index (χ1v) is 8.42. The van der Waals surface area contributed by atoms with Gasteiger partial charge < -0.3 is 9.64 Å². The molecule has 1 atom stereocenters. The molecule has 0 radical (unpaired) electrons. The van der Waals surface area contributed by atoms with E-state index in [0.717, 1.165) is 63.6 Å². The lowest BCUT2D eigenvalue weighted by molar-refractivity contribution is -0.384. The van der Waals surface area contributed by atoms with Crippen molar-refractivity contribution in [3.05, 3.63) is 32.8 Å². The standard InChI is InChI=1S/C16H22ClN3O3/c1-12-8-14(20(21)22)9-15(17)16(12)19-5-3-18(4-6-19)10-13-2-7-23-11-13/h8-9,13H,2-7,10-11H2,1H3. The molecule has 2 aliphatic rings. The van der Waals surface area contributed by atoms with Crippen LogP contribution in [0.5, 0.6) is 0 Å². The Labute approximate surface area is 141 Å². The largest absolute Gasteiger partial charge is 0.381 e. The highest BCUT2D eigenvalue weighted by Gasteiger charge is 2.25. The van der Waals surface area contributed by atoms with Crippen molar-refractivity contribution in [2.45, 2.75) is 13.3 Å². The number of non-ortho nitro benzene ring substituents is 1. The van der Waals surface area contributed by atoms with Gasteiger partial charge in [-0.05, 0) is 24.8 Å². The van der Waals surface area contributed by atoms with Gasteiger partial charge in [-0.15, -0.1) is 0 Å². The van der Waals surface area contributed by atoms with Gasteiger partial charge in [0, 0.05) is 51.5 Å². The minimum atomic E-state index is -0.399. The molecule has 2 fully saturated rings. The van der Waals surface area contributed by atoms with Crippen molar-refractivity contribution < 1.29 is 9.66 Å². The Kier molecular flexibility index (Phi) is 5.04. The van der Waals surface area contributed by atoms with Gasteiger partial charge in [0.05, 0.1) is 22.2 Å². The fourth-order valence-electron chi connectivity index (χ4n) is 3.47. The Morgan fingerprint density at radius 2 is 2.09 bits per heavy atom. The first-order valence-electron chi connectivity index (χ1n) is 8.04. The van der Waals surface area contributed by atoms with Crippen LogP contribution in [0.4, 0.5) is 11.4 Å². The molecular formula is C16H22ClN3O3. The van der Waals surface area contributed by atoms with E-state index in [2.05, 4.69) is 9.80 Å². The Balaban J connectivity index is 1.64. The number of ether oxygens (including phenoxy) is 1. The summed E-state index contributed by atoms with van der Waals surface area (Å²) in [5.74, 6) is 0.659. The third kappa shape index (κ3) is 3.76. The highest BCUT2D eigenvalue weighted by Crippen LogP contribution is 2.34. The summed E-state index contributed by atoms with van der Waals surface area (Å²) in [5, 5.41) is 11.4. The average Bonchev–Trinajstić information content (AvgIpc) is 3.01. The number of halogens is 1. The van der Waals surface area contributed by atoms with Gasteiger partial charge in [-0.2, -0.15) is 0 Å².